The molecular formula is C11H5BrFN. The van der Waals surface area contributed by atoms with Gasteiger partial charge < -0.3 is 0 Å². The summed E-state index contributed by atoms with van der Waals surface area (Å²) in [7, 11) is 0. The Morgan fingerprint density at radius 2 is 1.93 bits per heavy atom. The van der Waals surface area contributed by atoms with Gasteiger partial charge in [-0.2, -0.15) is 5.26 Å². The maximum Gasteiger partial charge on any atom is 0.123 e. The third-order valence-corrected chi connectivity index (χ3v) is 2.74. The summed E-state index contributed by atoms with van der Waals surface area (Å²) >= 11 is 3.35. The van der Waals surface area contributed by atoms with Crippen LogP contribution in [-0.2, 0) is 0 Å². The molecule has 0 heterocycles. The van der Waals surface area contributed by atoms with E-state index in [1.54, 1.807) is 18.2 Å². The van der Waals surface area contributed by atoms with Crippen molar-refractivity contribution in [3.05, 3.63) is 46.2 Å². The highest BCUT2D eigenvalue weighted by Crippen LogP contribution is 2.27. The first-order chi connectivity index (χ1) is 6.72. The van der Waals surface area contributed by atoms with E-state index < -0.39 is 0 Å². The van der Waals surface area contributed by atoms with E-state index in [1.165, 1.54) is 12.1 Å². The molecule has 2 rings (SSSR count). The van der Waals surface area contributed by atoms with Crippen molar-refractivity contribution >= 4 is 26.7 Å². The van der Waals surface area contributed by atoms with Crippen LogP contribution in [0, 0.1) is 17.1 Å². The maximum atomic E-state index is 13.0. The van der Waals surface area contributed by atoms with Crippen LogP contribution in [0.15, 0.2) is 34.8 Å². The fourth-order valence-corrected chi connectivity index (χ4v) is 1.86. The predicted octanol–water partition coefficient (Wildman–Crippen LogP) is 3.61. The Hall–Kier alpha value is -1.40. The van der Waals surface area contributed by atoms with Crippen LogP contribution in [0.3, 0.4) is 0 Å². The van der Waals surface area contributed by atoms with Crippen molar-refractivity contribution in [2.24, 2.45) is 0 Å². The first-order valence-electron chi connectivity index (χ1n) is 4.00. The van der Waals surface area contributed by atoms with Crippen LogP contribution < -0.4 is 0 Å². The SMILES string of the molecule is N#Cc1ccc(Br)c2ccc(F)cc12. The lowest BCUT2D eigenvalue weighted by Gasteiger charge is -2.02. The maximum absolute atomic E-state index is 13.0. The monoisotopic (exact) mass is 249 g/mol. The van der Waals surface area contributed by atoms with Gasteiger partial charge >= 0.3 is 0 Å². The number of nitrogens with zero attached hydrogens (tertiary/aromatic N) is 1. The number of nitriles is 1. The zero-order valence-corrected chi connectivity index (χ0v) is 8.68. The minimum absolute atomic E-state index is 0.327. The predicted molar refractivity (Wildman–Crippen MR) is 56.3 cm³/mol. The molecule has 0 aliphatic rings. The van der Waals surface area contributed by atoms with Crippen LogP contribution in [0.5, 0.6) is 0 Å². The molecule has 0 aliphatic heterocycles. The number of hydrogen-bond donors (Lipinski definition) is 0. The molecule has 1 nitrogen and oxygen atoms in total. The van der Waals surface area contributed by atoms with Crippen LogP contribution in [0.25, 0.3) is 10.8 Å². The van der Waals surface area contributed by atoms with Gasteiger partial charge in [-0.05, 0) is 29.7 Å². The van der Waals surface area contributed by atoms with Gasteiger partial charge in [0.1, 0.15) is 5.82 Å². The summed E-state index contributed by atoms with van der Waals surface area (Å²) in [5.74, 6) is -0.327. The van der Waals surface area contributed by atoms with Crippen molar-refractivity contribution in [3.8, 4) is 6.07 Å². The van der Waals surface area contributed by atoms with Crippen molar-refractivity contribution in [1.29, 1.82) is 5.26 Å². The fraction of sp³-hybridized carbons (Fsp3) is 0. The topological polar surface area (TPSA) is 23.8 Å². The van der Waals surface area contributed by atoms with Crippen molar-refractivity contribution in [1.82, 2.24) is 0 Å². The molecule has 0 radical (unpaired) electrons. The minimum atomic E-state index is -0.327. The van der Waals surface area contributed by atoms with Crippen molar-refractivity contribution < 1.29 is 4.39 Å². The van der Waals surface area contributed by atoms with Gasteiger partial charge in [0.05, 0.1) is 11.6 Å². The van der Waals surface area contributed by atoms with E-state index in [0.717, 1.165) is 9.86 Å². The molecule has 0 saturated heterocycles. The van der Waals surface area contributed by atoms with Gasteiger partial charge in [-0.1, -0.05) is 22.0 Å². The second-order valence-electron chi connectivity index (χ2n) is 2.90. The Labute approximate surface area is 88.9 Å². The van der Waals surface area contributed by atoms with Crippen LogP contribution >= 0.6 is 15.9 Å². The molecule has 2 aromatic rings. The van der Waals surface area contributed by atoms with Gasteiger partial charge in [0, 0.05) is 9.86 Å². The van der Waals surface area contributed by atoms with Crippen molar-refractivity contribution in [2.45, 2.75) is 0 Å². The molecule has 0 fully saturated rings. The van der Waals surface area contributed by atoms with Crippen LogP contribution in [-0.4, -0.2) is 0 Å². The quantitative estimate of drug-likeness (QED) is 0.700. The molecule has 14 heavy (non-hydrogen) atoms. The Bertz CT molecular complexity index is 543. The van der Waals surface area contributed by atoms with E-state index in [1.807, 2.05) is 6.07 Å². The van der Waals surface area contributed by atoms with E-state index >= 15 is 0 Å². The molecular weight excluding hydrogens is 245 g/mol. The third kappa shape index (κ3) is 1.38. The van der Waals surface area contributed by atoms with Crippen molar-refractivity contribution in [2.75, 3.05) is 0 Å². The van der Waals surface area contributed by atoms with Gasteiger partial charge in [0.2, 0.25) is 0 Å². The highest BCUT2D eigenvalue weighted by atomic mass is 79.9. The van der Waals surface area contributed by atoms with Gasteiger partial charge in [-0.15, -0.1) is 0 Å². The third-order valence-electron chi connectivity index (χ3n) is 2.05. The fourth-order valence-electron chi connectivity index (χ4n) is 1.38. The summed E-state index contributed by atoms with van der Waals surface area (Å²) in [6.07, 6.45) is 0. The zero-order chi connectivity index (χ0) is 10.1. The molecule has 3 heteroatoms. The van der Waals surface area contributed by atoms with Gasteiger partial charge in [0.25, 0.3) is 0 Å². The highest BCUT2D eigenvalue weighted by Gasteiger charge is 2.04. The van der Waals surface area contributed by atoms with E-state index in [2.05, 4.69) is 15.9 Å². The summed E-state index contributed by atoms with van der Waals surface area (Å²) in [5, 5.41) is 10.3. The lowest BCUT2D eigenvalue weighted by molar-refractivity contribution is 0.629. The van der Waals surface area contributed by atoms with E-state index in [4.69, 9.17) is 5.26 Å². The van der Waals surface area contributed by atoms with Gasteiger partial charge in [-0.25, -0.2) is 4.39 Å². The lowest BCUT2D eigenvalue weighted by Crippen LogP contribution is -1.82. The van der Waals surface area contributed by atoms with Gasteiger partial charge in [0.15, 0.2) is 0 Å². The highest BCUT2D eigenvalue weighted by molar-refractivity contribution is 9.10. The number of benzene rings is 2. The Morgan fingerprint density at radius 3 is 2.64 bits per heavy atom. The van der Waals surface area contributed by atoms with E-state index in [9.17, 15) is 4.39 Å². The normalized spacial score (nSPS) is 10.1. The summed E-state index contributed by atoms with van der Waals surface area (Å²) < 4.78 is 13.8. The first-order valence-corrected chi connectivity index (χ1v) is 4.79. The molecule has 0 saturated carbocycles. The Kier molecular flexibility index (Phi) is 2.22. The first kappa shape index (κ1) is 9.17. The molecule has 0 aliphatic carbocycles. The smallest absolute Gasteiger partial charge is 0.123 e. The lowest BCUT2D eigenvalue weighted by atomic mass is 10.1. The molecule has 0 bridgehead atoms. The van der Waals surface area contributed by atoms with E-state index in [0.29, 0.717) is 10.9 Å². The van der Waals surface area contributed by atoms with Crippen LogP contribution in [0.1, 0.15) is 5.56 Å². The largest absolute Gasteiger partial charge is 0.207 e. The van der Waals surface area contributed by atoms with Crippen LogP contribution in [0.2, 0.25) is 0 Å². The summed E-state index contributed by atoms with van der Waals surface area (Å²) in [6.45, 7) is 0. The standard InChI is InChI=1S/C11H5BrFN/c12-11-4-1-7(6-14)10-5-8(13)2-3-9(10)11/h1-5H. The molecule has 0 atom stereocenters. The number of fused-ring (bicyclic) bond motifs is 1. The summed E-state index contributed by atoms with van der Waals surface area (Å²) in [6, 6.07) is 9.92. The van der Waals surface area contributed by atoms with Gasteiger partial charge in [-0.3, -0.25) is 0 Å². The Balaban J connectivity index is 2.94. The number of rotatable bonds is 0. The molecule has 2 aromatic carbocycles. The summed E-state index contributed by atoms with van der Waals surface area (Å²) in [5.41, 5.74) is 0.489. The molecule has 0 spiro atoms. The zero-order valence-electron chi connectivity index (χ0n) is 7.09. The summed E-state index contributed by atoms with van der Waals surface area (Å²) in [4.78, 5) is 0. The second kappa shape index (κ2) is 3.39. The number of halogens is 2. The molecule has 0 N–H and O–H groups in total. The second-order valence-corrected chi connectivity index (χ2v) is 3.75. The van der Waals surface area contributed by atoms with Crippen LogP contribution in [0.4, 0.5) is 4.39 Å². The molecule has 0 unspecified atom stereocenters. The molecule has 68 valence electrons. The Morgan fingerprint density at radius 1 is 1.14 bits per heavy atom. The molecule has 0 amide bonds. The van der Waals surface area contributed by atoms with Crippen molar-refractivity contribution in [3.63, 3.8) is 0 Å². The minimum Gasteiger partial charge on any atom is -0.207 e. The number of hydrogen-bond acceptors (Lipinski definition) is 1. The average Bonchev–Trinajstić information content (AvgIpc) is 2.18. The molecule has 0 aromatic heterocycles. The van der Waals surface area contributed by atoms with E-state index in [-0.39, 0.29) is 5.82 Å². The average molecular weight is 250 g/mol.